The number of piperidine rings is 1. The molecule has 0 aromatic heterocycles. The molecule has 1 aliphatic rings. The van der Waals surface area contributed by atoms with Crippen molar-refractivity contribution in [2.24, 2.45) is 5.92 Å². The van der Waals surface area contributed by atoms with Crippen LogP contribution in [0.15, 0.2) is 0 Å². The molecule has 1 rings (SSSR count). The molecule has 1 heterocycles. The Bertz CT molecular complexity index is 473. The van der Waals surface area contributed by atoms with Crippen molar-refractivity contribution >= 4 is 19.9 Å². The van der Waals surface area contributed by atoms with E-state index in [4.69, 9.17) is 0 Å². The molecule has 0 aliphatic carbocycles. The van der Waals surface area contributed by atoms with Gasteiger partial charge in [-0.2, -0.15) is 0 Å². The lowest BCUT2D eigenvalue weighted by atomic mass is 10.00. The molecule has 1 aliphatic heterocycles. The van der Waals surface area contributed by atoms with E-state index in [2.05, 4.69) is 5.32 Å². The topological polar surface area (TPSA) is 83.6 Å². The Morgan fingerprint density at radius 3 is 2.53 bits per heavy atom. The lowest BCUT2D eigenvalue weighted by Gasteiger charge is -2.31. The summed E-state index contributed by atoms with van der Waals surface area (Å²) >= 11 is 0. The van der Waals surface area contributed by atoms with Gasteiger partial charge in [-0.3, -0.25) is 0 Å². The molecule has 114 valence electrons. The highest BCUT2D eigenvalue weighted by Gasteiger charge is 2.25. The summed E-state index contributed by atoms with van der Waals surface area (Å²) in [6, 6.07) is 0. The minimum Gasteiger partial charge on any atom is -0.315 e. The summed E-state index contributed by atoms with van der Waals surface area (Å²) in [5.74, 6) is 0.583. The van der Waals surface area contributed by atoms with Gasteiger partial charge in [-0.15, -0.1) is 0 Å². The highest BCUT2D eigenvalue weighted by Crippen LogP contribution is 2.17. The molecule has 0 amide bonds. The van der Waals surface area contributed by atoms with Crippen LogP contribution >= 0.6 is 0 Å². The van der Waals surface area contributed by atoms with Crippen molar-refractivity contribution in [3.8, 4) is 0 Å². The van der Waals surface area contributed by atoms with Crippen LogP contribution in [0.5, 0.6) is 0 Å². The number of nitrogens with one attached hydrogen (secondary N) is 1. The van der Waals surface area contributed by atoms with Crippen molar-refractivity contribution in [2.75, 3.05) is 43.9 Å². The van der Waals surface area contributed by atoms with Gasteiger partial charge in [-0.25, -0.2) is 21.1 Å². The van der Waals surface area contributed by atoms with E-state index in [0.29, 0.717) is 26.2 Å². The fourth-order valence-corrected chi connectivity index (χ4v) is 3.86. The summed E-state index contributed by atoms with van der Waals surface area (Å²) in [5, 5.41) is 3.12. The van der Waals surface area contributed by atoms with Gasteiger partial charge in [-0.05, 0) is 25.3 Å². The predicted octanol–water partition coefficient (Wildman–Crippen LogP) is -0.318. The third kappa shape index (κ3) is 6.20. The van der Waals surface area contributed by atoms with Gasteiger partial charge in [0.05, 0.1) is 12.0 Å². The van der Waals surface area contributed by atoms with Crippen molar-refractivity contribution in [3.63, 3.8) is 0 Å². The molecule has 1 N–H and O–H groups in total. The van der Waals surface area contributed by atoms with Crippen LogP contribution in [0.4, 0.5) is 0 Å². The number of hydrogen-bond donors (Lipinski definition) is 1. The summed E-state index contributed by atoms with van der Waals surface area (Å²) in [6.07, 6.45) is 3.09. The molecule has 1 saturated heterocycles. The minimum atomic E-state index is -3.11. The van der Waals surface area contributed by atoms with E-state index in [1.807, 2.05) is 0 Å². The standard InChI is InChI=1S/C11H24N2O4S2/c1-3-19(16,17)8-6-12-9-11-5-4-7-13(10-11)18(2,14)15/h11-12H,3-10H2,1-2H3. The number of sulfonamides is 1. The van der Waals surface area contributed by atoms with E-state index in [0.717, 1.165) is 12.8 Å². The molecular formula is C11H24N2O4S2. The molecule has 6 nitrogen and oxygen atoms in total. The molecular weight excluding hydrogens is 288 g/mol. The van der Waals surface area contributed by atoms with Gasteiger partial charge in [0.2, 0.25) is 10.0 Å². The third-order valence-corrected chi connectivity index (χ3v) is 6.39. The second-order valence-electron chi connectivity index (χ2n) is 5.07. The lowest BCUT2D eigenvalue weighted by molar-refractivity contribution is 0.262. The number of rotatable bonds is 7. The minimum absolute atomic E-state index is 0.145. The zero-order valence-electron chi connectivity index (χ0n) is 11.6. The molecule has 1 unspecified atom stereocenters. The van der Waals surface area contributed by atoms with Crippen LogP contribution in [0, 0.1) is 5.92 Å². The zero-order chi connectivity index (χ0) is 14.5. The molecule has 0 aromatic rings. The normalized spacial score (nSPS) is 22.5. The van der Waals surface area contributed by atoms with Gasteiger partial charge >= 0.3 is 0 Å². The monoisotopic (exact) mass is 312 g/mol. The maximum atomic E-state index is 11.5. The van der Waals surface area contributed by atoms with E-state index in [1.54, 1.807) is 6.92 Å². The fourth-order valence-electron chi connectivity index (χ4n) is 2.17. The van der Waals surface area contributed by atoms with Gasteiger partial charge in [0.15, 0.2) is 9.84 Å². The molecule has 0 saturated carbocycles. The fraction of sp³-hybridized carbons (Fsp3) is 1.00. The molecule has 0 aromatic carbocycles. The molecule has 1 atom stereocenters. The Labute approximate surface area is 116 Å². The number of hydrogen-bond acceptors (Lipinski definition) is 5. The first kappa shape index (κ1) is 16.9. The van der Waals surface area contributed by atoms with Crippen molar-refractivity contribution in [1.29, 1.82) is 0 Å². The Balaban J connectivity index is 2.30. The van der Waals surface area contributed by atoms with Crippen molar-refractivity contribution in [2.45, 2.75) is 19.8 Å². The van der Waals surface area contributed by atoms with Crippen LogP contribution in [0.2, 0.25) is 0 Å². The summed E-state index contributed by atoms with van der Waals surface area (Å²) in [4.78, 5) is 0. The van der Waals surface area contributed by atoms with Crippen molar-refractivity contribution in [3.05, 3.63) is 0 Å². The first-order valence-electron chi connectivity index (χ1n) is 6.61. The van der Waals surface area contributed by atoms with Crippen LogP contribution < -0.4 is 5.32 Å². The highest BCUT2D eigenvalue weighted by atomic mass is 32.2. The maximum Gasteiger partial charge on any atom is 0.211 e. The Hall–Kier alpha value is -0.180. The highest BCUT2D eigenvalue weighted by molar-refractivity contribution is 7.91. The van der Waals surface area contributed by atoms with E-state index in [9.17, 15) is 16.8 Å². The van der Waals surface area contributed by atoms with E-state index in [-0.39, 0.29) is 17.4 Å². The van der Waals surface area contributed by atoms with Crippen LogP contribution in [-0.4, -0.2) is 65.1 Å². The smallest absolute Gasteiger partial charge is 0.211 e. The first-order chi connectivity index (χ1) is 8.74. The number of sulfone groups is 1. The van der Waals surface area contributed by atoms with Crippen molar-refractivity contribution < 1.29 is 16.8 Å². The maximum absolute atomic E-state index is 11.5. The second kappa shape index (κ2) is 7.01. The lowest BCUT2D eigenvalue weighted by Crippen LogP contribution is -2.42. The van der Waals surface area contributed by atoms with Gasteiger partial charge in [0, 0.05) is 25.4 Å². The summed E-state index contributed by atoms with van der Waals surface area (Å²) in [7, 11) is -6.03. The van der Waals surface area contributed by atoms with E-state index >= 15 is 0 Å². The van der Waals surface area contributed by atoms with Gasteiger partial charge < -0.3 is 5.32 Å². The average molecular weight is 312 g/mol. The molecule has 8 heteroatoms. The third-order valence-electron chi connectivity index (χ3n) is 3.41. The molecule has 1 fully saturated rings. The Kier molecular flexibility index (Phi) is 6.22. The summed E-state index contributed by atoms with van der Waals surface area (Å²) < 4.78 is 47.0. The second-order valence-corrected chi connectivity index (χ2v) is 9.52. The van der Waals surface area contributed by atoms with Crippen LogP contribution in [0.25, 0.3) is 0 Å². The predicted molar refractivity (Wildman–Crippen MR) is 76.3 cm³/mol. The quantitative estimate of drug-likeness (QED) is 0.652. The van der Waals surface area contributed by atoms with E-state index in [1.165, 1.54) is 10.6 Å². The van der Waals surface area contributed by atoms with Crippen LogP contribution in [0.1, 0.15) is 19.8 Å². The zero-order valence-corrected chi connectivity index (χ0v) is 13.3. The molecule has 0 spiro atoms. The Morgan fingerprint density at radius 2 is 1.95 bits per heavy atom. The number of nitrogens with zero attached hydrogens (tertiary/aromatic N) is 1. The largest absolute Gasteiger partial charge is 0.315 e. The average Bonchev–Trinajstić information content (AvgIpc) is 2.34. The Morgan fingerprint density at radius 1 is 1.26 bits per heavy atom. The van der Waals surface area contributed by atoms with Crippen LogP contribution in [0.3, 0.4) is 0 Å². The molecule has 0 radical (unpaired) electrons. The summed E-state index contributed by atoms with van der Waals surface area (Å²) in [6.45, 7) is 3.88. The van der Waals surface area contributed by atoms with Crippen LogP contribution in [-0.2, 0) is 19.9 Å². The summed E-state index contributed by atoms with van der Waals surface area (Å²) in [5.41, 5.74) is 0. The van der Waals surface area contributed by atoms with Crippen molar-refractivity contribution in [1.82, 2.24) is 9.62 Å². The van der Waals surface area contributed by atoms with Gasteiger partial charge in [-0.1, -0.05) is 6.92 Å². The molecule has 0 bridgehead atoms. The van der Waals surface area contributed by atoms with Gasteiger partial charge in [0.1, 0.15) is 0 Å². The molecule has 19 heavy (non-hydrogen) atoms. The first-order valence-corrected chi connectivity index (χ1v) is 10.3. The van der Waals surface area contributed by atoms with Gasteiger partial charge in [0.25, 0.3) is 0 Å². The SMILES string of the molecule is CCS(=O)(=O)CCNCC1CCCN(S(C)(=O)=O)C1. The van der Waals surface area contributed by atoms with E-state index < -0.39 is 19.9 Å².